The quantitative estimate of drug-likeness (QED) is 0.248. The molecule has 0 spiro atoms. The molecule has 2 aromatic carbocycles. The lowest BCUT2D eigenvalue weighted by molar-refractivity contribution is 0.438. The first-order valence-corrected chi connectivity index (χ1v) is 14.6. The first kappa shape index (κ1) is 26.8. The zero-order valence-electron chi connectivity index (χ0n) is 22.9. The average Bonchev–Trinajstić information content (AvgIpc) is 3.45. The molecule has 4 heterocycles. The predicted molar refractivity (Wildman–Crippen MR) is 165 cm³/mol. The van der Waals surface area contributed by atoms with Gasteiger partial charge in [-0.15, -0.1) is 0 Å². The number of hydrogen-bond donors (Lipinski definition) is 1. The standard InChI is InChI=1S/C32H33ClFN5S/c1-20-13-16-37(17-14-20)28-12-11-23(19-25(28)33)39-31(30(36-32(39)40)27-9-6-7-15-35-27)24-18-21(2)38(22(24)3)29-10-5-4-8-26(29)34/h4-12,15,18-20,30-31H,13-14,16-17H2,1-3H3,(H,36,40)/t30-,31-/m0/s1. The van der Waals surface area contributed by atoms with Gasteiger partial charge in [-0.1, -0.05) is 36.7 Å². The van der Waals surface area contributed by atoms with E-state index in [4.69, 9.17) is 23.8 Å². The van der Waals surface area contributed by atoms with Crippen molar-refractivity contribution in [1.29, 1.82) is 0 Å². The smallest absolute Gasteiger partial charge is 0.174 e. The van der Waals surface area contributed by atoms with E-state index in [9.17, 15) is 4.39 Å². The lowest BCUT2D eigenvalue weighted by atomic mass is 9.96. The van der Waals surface area contributed by atoms with Crippen LogP contribution in [-0.4, -0.2) is 27.8 Å². The van der Waals surface area contributed by atoms with Gasteiger partial charge >= 0.3 is 0 Å². The Kier molecular flexibility index (Phi) is 7.27. The third kappa shape index (κ3) is 4.75. The van der Waals surface area contributed by atoms with E-state index in [0.29, 0.717) is 15.8 Å². The van der Waals surface area contributed by atoms with E-state index in [0.717, 1.165) is 53.0 Å². The summed E-state index contributed by atoms with van der Waals surface area (Å²) in [5, 5.41) is 4.85. The maximum Gasteiger partial charge on any atom is 0.174 e. The van der Waals surface area contributed by atoms with Crippen molar-refractivity contribution in [3.63, 3.8) is 0 Å². The number of aryl methyl sites for hydroxylation is 1. The molecule has 206 valence electrons. The molecule has 0 radical (unpaired) electrons. The summed E-state index contributed by atoms with van der Waals surface area (Å²) in [6.07, 6.45) is 4.14. The molecule has 2 aromatic heterocycles. The van der Waals surface area contributed by atoms with Gasteiger partial charge in [0.1, 0.15) is 5.82 Å². The van der Waals surface area contributed by atoms with E-state index in [1.165, 1.54) is 18.9 Å². The van der Waals surface area contributed by atoms with Crippen molar-refractivity contribution >= 4 is 40.3 Å². The maximum atomic E-state index is 14.9. The molecule has 2 fully saturated rings. The van der Waals surface area contributed by atoms with Gasteiger partial charge in [0.2, 0.25) is 0 Å². The minimum Gasteiger partial charge on any atom is -0.370 e. The molecule has 5 nitrogen and oxygen atoms in total. The highest BCUT2D eigenvalue weighted by Gasteiger charge is 2.42. The van der Waals surface area contributed by atoms with Gasteiger partial charge in [-0.2, -0.15) is 0 Å². The Balaban J connectivity index is 1.45. The van der Waals surface area contributed by atoms with Crippen LogP contribution in [0.5, 0.6) is 0 Å². The van der Waals surface area contributed by atoms with Crippen LogP contribution < -0.4 is 15.1 Å². The zero-order chi connectivity index (χ0) is 28.0. The van der Waals surface area contributed by atoms with Gasteiger partial charge in [0.15, 0.2) is 5.11 Å². The number of aromatic nitrogens is 2. The first-order valence-electron chi connectivity index (χ1n) is 13.8. The number of thiocarbonyl (C=S) groups is 1. The minimum atomic E-state index is -0.261. The van der Waals surface area contributed by atoms with Crippen LogP contribution in [0, 0.1) is 25.6 Å². The van der Waals surface area contributed by atoms with Crippen LogP contribution in [0.25, 0.3) is 5.69 Å². The molecular formula is C32H33ClFN5S. The van der Waals surface area contributed by atoms with Crippen molar-refractivity contribution in [3.8, 4) is 5.69 Å². The largest absolute Gasteiger partial charge is 0.370 e. The number of nitrogens with zero attached hydrogens (tertiary/aromatic N) is 4. The highest BCUT2D eigenvalue weighted by Crippen LogP contribution is 2.45. The fourth-order valence-electron chi connectivity index (χ4n) is 6.19. The fourth-order valence-corrected chi connectivity index (χ4v) is 6.83. The summed E-state index contributed by atoms with van der Waals surface area (Å²) in [4.78, 5) is 9.19. The fraction of sp³-hybridized carbons (Fsp3) is 0.312. The van der Waals surface area contributed by atoms with Crippen LogP contribution in [0.4, 0.5) is 15.8 Å². The van der Waals surface area contributed by atoms with E-state index in [-0.39, 0.29) is 17.9 Å². The van der Waals surface area contributed by atoms with Gasteiger partial charge in [-0.05, 0) is 98.9 Å². The van der Waals surface area contributed by atoms with Crippen LogP contribution in [0.15, 0.2) is 72.9 Å². The molecule has 0 saturated carbocycles. The number of benzene rings is 2. The third-order valence-corrected chi connectivity index (χ3v) is 8.93. The number of pyridine rings is 1. The maximum absolute atomic E-state index is 14.9. The molecule has 0 aliphatic carbocycles. The van der Waals surface area contributed by atoms with Crippen LogP contribution in [-0.2, 0) is 0 Å². The lowest BCUT2D eigenvalue weighted by Gasteiger charge is -2.33. The Bertz CT molecular complexity index is 1550. The molecule has 2 aliphatic rings. The number of para-hydroxylation sites is 1. The van der Waals surface area contributed by atoms with Crippen molar-refractivity contribution in [2.75, 3.05) is 22.9 Å². The molecule has 2 aliphatic heterocycles. The van der Waals surface area contributed by atoms with Gasteiger partial charge in [0.05, 0.1) is 34.2 Å². The summed E-state index contributed by atoms with van der Waals surface area (Å²) < 4.78 is 16.9. The zero-order valence-corrected chi connectivity index (χ0v) is 24.5. The summed E-state index contributed by atoms with van der Waals surface area (Å²) in [5.74, 6) is 0.485. The highest BCUT2D eigenvalue weighted by molar-refractivity contribution is 7.80. The Morgan fingerprint density at radius 2 is 1.73 bits per heavy atom. The molecule has 0 unspecified atom stereocenters. The van der Waals surface area contributed by atoms with Crippen LogP contribution in [0.3, 0.4) is 0 Å². The predicted octanol–water partition coefficient (Wildman–Crippen LogP) is 7.70. The monoisotopic (exact) mass is 573 g/mol. The number of halogens is 2. The number of hydrogen-bond acceptors (Lipinski definition) is 3. The summed E-state index contributed by atoms with van der Waals surface area (Å²) in [5.41, 5.74) is 6.34. The van der Waals surface area contributed by atoms with E-state index in [1.807, 2.05) is 54.8 Å². The van der Waals surface area contributed by atoms with Crippen LogP contribution >= 0.6 is 23.8 Å². The van der Waals surface area contributed by atoms with Crippen molar-refractivity contribution < 1.29 is 4.39 Å². The molecule has 0 amide bonds. The second-order valence-corrected chi connectivity index (χ2v) is 11.7. The second-order valence-electron chi connectivity index (χ2n) is 10.9. The molecular weight excluding hydrogens is 541 g/mol. The first-order chi connectivity index (χ1) is 19.3. The van der Waals surface area contributed by atoms with Gasteiger partial charge in [-0.25, -0.2) is 4.39 Å². The van der Waals surface area contributed by atoms with E-state index in [2.05, 4.69) is 45.2 Å². The lowest BCUT2D eigenvalue weighted by Crippen LogP contribution is -2.33. The van der Waals surface area contributed by atoms with Crippen LogP contribution in [0.2, 0.25) is 5.02 Å². The Hall–Kier alpha value is -3.42. The number of nitrogens with one attached hydrogen (secondary N) is 1. The van der Waals surface area contributed by atoms with E-state index in [1.54, 1.807) is 12.3 Å². The van der Waals surface area contributed by atoms with E-state index < -0.39 is 0 Å². The van der Waals surface area contributed by atoms with Crippen molar-refractivity contribution in [2.24, 2.45) is 5.92 Å². The van der Waals surface area contributed by atoms with Gasteiger partial charge < -0.3 is 19.7 Å². The van der Waals surface area contributed by atoms with E-state index >= 15 is 0 Å². The molecule has 0 bridgehead atoms. The molecule has 1 N–H and O–H groups in total. The number of rotatable bonds is 5. The molecule has 8 heteroatoms. The summed E-state index contributed by atoms with van der Waals surface area (Å²) in [6.45, 7) is 8.38. The molecule has 40 heavy (non-hydrogen) atoms. The molecule has 6 rings (SSSR count). The van der Waals surface area contributed by atoms with Crippen molar-refractivity contribution in [3.05, 3.63) is 106 Å². The summed E-state index contributed by atoms with van der Waals surface area (Å²) in [7, 11) is 0. The SMILES string of the molecule is Cc1cc([C@H]2[C@H](c3ccccn3)NC(=S)N2c2ccc(N3CCC(C)CC3)c(Cl)c2)c(C)n1-c1ccccc1F. The van der Waals surface area contributed by atoms with Gasteiger partial charge in [-0.3, -0.25) is 4.98 Å². The second kappa shape index (κ2) is 10.9. The highest BCUT2D eigenvalue weighted by atomic mass is 35.5. The topological polar surface area (TPSA) is 36.3 Å². The number of piperidine rings is 1. The number of anilines is 2. The Morgan fingerprint density at radius 3 is 2.42 bits per heavy atom. The van der Waals surface area contributed by atoms with Crippen molar-refractivity contribution in [1.82, 2.24) is 14.9 Å². The Labute approximate surface area is 245 Å². The molecule has 2 saturated heterocycles. The van der Waals surface area contributed by atoms with Gasteiger partial charge in [0, 0.05) is 36.4 Å². The minimum absolute atomic E-state index is 0.203. The van der Waals surface area contributed by atoms with Gasteiger partial charge in [0.25, 0.3) is 0 Å². The average molecular weight is 574 g/mol. The summed E-state index contributed by atoms with van der Waals surface area (Å²) in [6, 6.07) is 20.7. The third-order valence-electron chi connectivity index (χ3n) is 8.31. The molecule has 2 atom stereocenters. The van der Waals surface area contributed by atoms with Crippen LogP contribution in [0.1, 0.15) is 54.5 Å². The molecule has 4 aromatic rings. The van der Waals surface area contributed by atoms with Crippen molar-refractivity contribution in [2.45, 2.75) is 45.7 Å². The summed E-state index contributed by atoms with van der Waals surface area (Å²) >= 11 is 12.9. The Morgan fingerprint density at radius 1 is 0.975 bits per heavy atom. The normalized spacial score (nSPS) is 19.8.